The molecule has 0 atom stereocenters. The Hall–Kier alpha value is -2.14. The van der Waals surface area contributed by atoms with E-state index in [0.29, 0.717) is 31.6 Å². The van der Waals surface area contributed by atoms with Crippen LogP contribution in [0, 0.1) is 5.41 Å². The number of anilines is 1. The van der Waals surface area contributed by atoms with Gasteiger partial charge in [-0.25, -0.2) is 0 Å². The number of benzene rings is 2. The number of hydrogen-bond acceptors (Lipinski definition) is 2. The van der Waals surface area contributed by atoms with Gasteiger partial charge in [0.2, 0.25) is 11.8 Å². The van der Waals surface area contributed by atoms with Gasteiger partial charge in [-0.3, -0.25) is 9.59 Å². The molecule has 1 fully saturated rings. The van der Waals surface area contributed by atoms with Crippen molar-refractivity contribution in [1.82, 2.24) is 4.90 Å². The van der Waals surface area contributed by atoms with Crippen molar-refractivity contribution in [2.45, 2.75) is 25.8 Å². The second-order valence-electron chi connectivity index (χ2n) is 6.79. The summed E-state index contributed by atoms with van der Waals surface area (Å²) in [5.41, 5.74) is 2.32. The molecule has 1 saturated carbocycles. The van der Waals surface area contributed by atoms with Gasteiger partial charge in [-0.05, 0) is 48.6 Å². The number of amides is 2. The fourth-order valence-corrected chi connectivity index (χ4v) is 3.85. The normalized spacial score (nSPS) is 17.6. The molecule has 0 saturated heterocycles. The van der Waals surface area contributed by atoms with Gasteiger partial charge in [0.1, 0.15) is 5.41 Å². The van der Waals surface area contributed by atoms with E-state index in [0.717, 1.165) is 10.9 Å². The predicted molar refractivity (Wildman–Crippen MR) is 100 cm³/mol. The number of nitrogens with zero attached hydrogens (tertiary/aromatic N) is 1. The quantitative estimate of drug-likeness (QED) is 0.800. The van der Waals surface area contributed by atoms with E-state index >= 15 is 0 Å². The SMILES string of the molecule is O=C(Nc1cccc(Br)c1)C1(C(=O)N2CCc3ccccc3C2)CC1. The van der Waals surface area contributed by atoms with Crippen LogP contribution in [0.4, 0.5) is 5.69 Å². The van der Waals surface area contributed by atoms with E-state index in [1.807, 2.05) is 41.3 Å². The highest BCUT2D eigenvalue weighted by molar-refractivity contribution is 9.10. The van der Waals surface area contributed by atoms with Crippen LogP contribution >= 0.6 is 15.9 Å². The maximum atomic E-state index is 13.0. The highest BCUT2D eigenvalue weighted by Gasteiger charge is 2.58. The lowest BCUT2D eigenvalue weighted by molar-refractivity contribution is -0.143. The Labute approximate surface area is 155 Å². The van der Waals surface area contributed by atoms with E-state index in [2.05, 4.69) is 33.4 Å². The average molecular weight is 399 g/mol. The number of halogens is 1. The fraction of sp³-hybridized carbons (Fsp3) is 0.300. The van der Waals surface area contributed by atoms with Crippen molar-refractivity contribution in [3.8, 4) is 0 Å². The summed E-state index contributed by atoms with van der Waals surface area (Å²) in [4.78, 5) is 27.7. The number of hydrogen-bond donors (Lipinski definition) is 1. The number of rotatable bonds is 3. The van der Waals surface area contributed by atoms with Crippen molar-refractivity contribution >= 4 is 33.4 Å². The lowest BCUT2D eigenvalue weighted by Crippen LogP contribution is -2.45. The molecular weight excluding hydrogens is 380 g/mol. The van der Waals surface area contributed by atoms with Gasteiger partial charge in [-0.1, -0.05) is 46.3 Å². The first-order chi connectivity index (χ1) is 12.1. The molecule has 2 aromatic carbocycles. The van der Waals surface area contributed by atoms with Gasteiger partial charge in [-0.2, -0.15) is 0 Å². The number of nitrogens with one attached hydrogen (secondary N) is 1. The minimum absolute atomic E-state index is 0.0329. The van der Waals surface area contributed by atoms with Crippen LogP contribution in [0.1, 0.15) is 24.0 Å². The molecule has 4 rings (SSSR count). The lowest BCUT2D eigenvalue weighted by Gasteiger charge is -2.31. The van der Waals surface area contributed by atoms with E-state index in [9.17, 15) is 9.59 Å². The van der Waals surface area contributed by atoms with Gasteiger partial charge in [0.05, 0.1) is 0 Å². The molecular formula is C20H19BrN2O2. The summed E-state index contributed by atoms with van der Waals surface area (Å²) in [6.45, 7) is 1.28. The van der Waals surface area contributed by atoms with Crippen molar-refractivity contribution in [1.29, 1.82) is 0 Å². The Morgan fingerprint density at radius 1 is 1.04 bits per heavy atom. The van der Waals surface area contributed by atoms with E-state index in [-0.39, 0.29) is 11.8 Å². The summed E-state index contributed by atoms with van der Waals surface area (Å²) >= 11 is 3.40. The van der Waals surface area contributed by atoms with Gasteiger partial charge in [0.25, 0.3) is 0 Å². The van der Waals surface area contributed by atoms with E-state index in [1.165, 1.54) is 11.1 Å². The molecule has 1 aliphatic carbocycles. The molecule has 4 nitrogen and oxygen atoms in total. The monoisotopic (exact) mass is 398 g/mol. The molecule has 1 aliphatic heterocycles. The Morgan fingerprint density at radius 2 is 1.80 bits per heavy atom. The third-order valence-electron chi connectivity index (χ3n) is 5.09. The van der Waals surface area contributed by atoms with Crippen LogP contribution in [0.25, 0.3) is 0 Å². The first-order valence-corrected chi connectivity index (χ1v) is 9.31. The molecule has 1 heterocycles. The van der Waals surface area contributed by atoms with Crippen molar-refractivity contribution in [2.24, 2.45) is 5.41 Å². The van der Waals surface area contributed by atoms with Crippen LogP contribution in [0.3, 0.4) is 0 Å². The molecule has 2 amide bonds. The van der Waals surface area contributed by atoms with Crippen LogP contribution in [-0.2, 0) is 22.6 Å². The summed E-state index contributed by atoms with van der Waals surface area (Å²) in [5.74, 6) is -0.219. The topological polar surface area (TPSA) is 49.4 Å². The van der Waals surface area contributed by atoms with Crippen LogP contribution in [0.5, 0.6) is 0 Å². The molecule has 0 radical (unpaired) electrons. The molecule has 0 aromatic heterocycles. The van der Waals surface area contributed by atoms with E-state index < -0.39 is 5.41 Å². The van der Waals surface area contributed by atoms with Gasteiger partial charge < -0.3 is 10.2 Å². The molecule has 2 aliphatic rings. The minimum atomic E-state index is -0.880. The van der Waals surface area contributed by atoms with Gasteiger partial charge in [-0.15, -0.1) is 0 Å². The Bertz CT molecular complexity index is 845. The summed E-state index contributed by atoms with van der Waals surface area (Å²) in [7, 11) is 0. The van der Waals surface area contributed by atoms with Crippen LogP contribution < -0.4 is 5.32 Å². The van der Waals surface area contributed by atoms with Crippen molar-refractivity contribution in [3.63, 3.8) is 0 Å². The van der Waals surface area contributed by atoms with Crippen molar-refractivity contribution in [3.05, 3.63) is 64.1 Å². The molecule has 5 heteroatoms. The fourth-order valence-electron chi connectivity index (χ4n) is 3.45. The molecule has 2 aromatic rings. The maximum Gasteiger partial charge on any atom is 0.240 e. The van der Waals surface area contributed by atoms with Gasteiger partial charge in [0, 0.05) is 23.2 Å². The standard InChI is InChI=1S/C20H19BrN2O2/c21-16-6-3-7-17(12-16)22-18(24)20(9-10-20)19(25)23-11-8-14-4-1-2-5-15(14)13-23/h1-7,12H,8-11,13H2,(H,22,24). The minimum Gasteiger partial charge on any atom is -0.337 e. The summed E-state index contributed by atoms with van der Waals surface area (Å²) in [5, 5.41) is 2.91. The average Bonchev–Trinajstić information content (AvgIpc) is 3.43. The highest BCUT2D eigenvalue weighted by atomic mass is 79.9. The largest absolute Gasteiger partial charge is 0.337 e. The zero-order valence-electron chi connectivity index (χ0n) is 13.8. The van der Waals surface area contributed by atoms with Crippen molar-refractivity contribution in [2.75, 3.05) is 11.9 Å². The first-order valence-electron chi connectivity index (χ1n) is 8.52. The molecule has 0 bridgehead atoms. The number of carbonyl (C=O) groups excluding carboxylic acids is 2. The molecule has 0 unspecified atom stereocenters. The van der Waals surface area contributed by atoms with Gasteiger partial charge in [0.15, 0.2) is 0 Å². The zero-order valence-corrected chi connectivity index (χ0v) is 15.4. The molecule has 25 heavy (non-hydrogen) atoms. The molecule has 0 spiro atoms. The second-order valence-corrected chi connectivity index (χ2v) is 7.71. The lowest BCUT2D eigenvalue weighted by atomic mass is 9.97. The Kier molecular flexibility index (Phi) is 4.12. The number of fused-ring (bicyclic) bond motifs is 1. The van der Waals surface area contributed by atoms with E-state index in [4.69, 9.17) is 0 Å². The number of carbonyl (C=O) groups is 2. The van der Waals surface area contributed by atoms with Crippen LogP contribution in [-0.4, -0.2) is 23.3 Å². The second kappa shape index (κ2) is 6.30. The molecule has 1 N–H and O–H groups in total. The summed E-state index contributed by atoms with van der Waals surface area (Å²) in [6, 6.07) is 15.7. The Balaban J connectivity index is 1.49. The maximum absolute atomic E-state index is 13.0. The predicted octanol–water partition coefficient (Wildman–Crippen LogP) is 3.75. The molecule has 128 valence electrons. The zero-order chi connectivity index (χ0) is 17.4. The van der Waals surface area contributed by atoms with Crippen molar-refractivity contribution < 1.29 is 9.59 Å². The van der Waals surface area contributed by atoms with E-state index in [1.54, 1.807) is 0 Å². The van der Waals surface area contributed by atoms with Crippen LogP contribution in [0.2, 0.25) is 0 Å². The Morgan fingerprint density at radius 3 is 2.52 bits per heavy atom. The van der Waals surface area contributed by atoms with Gasteiger partial charge >= 0.3 is 0 Å². The smallest absolute Gasteiger partial charge is 0.240 e. The first kappa shape index (κ1) is 16.3. The van der Waals surface area contributed by atoms with Crippen LogP contribution in [0.15, 0.2) is 53.0 Å². The summed E-state index contributed by atoms with van der Waals surface area (Å²) < 4.78 is 0.897. The highest BCUT2D eigenvalue weighted by Crippen LogP contribution is 2.48. The third-order valence-corrected chi connectivity index (χ3v) is 5.59. The third kappa shape index (κ3) is 3.09. The summed E-state index contributed by atoms with van der Waals surface area (Å²) in [6.07, 6.45) is 2.11.